The van der Waals surface area contributed by atoms with Crippen molar-refractivity contribution >= 4 is 17.3 Å². The Labute approximate surface area is 112 Å². The summed E-state index contributed by atoms with van der Waals surface area (Å²) < 4.78 is 40.2. The summed E-state index contributed by atoms with van der Waals surface area (Å²) in [6, 6.07) is 0. The van der Waals surface area contributed by atoms with Gasteiger partial charge in [0, 0.05) is 0 Å². The molecule has 19 heavy (non-hydrogen) atoms. The van der Waals surface area contributed by atoms with Crippen LogP contribution in [0.1, 0.15) is 34.2 Å². The Morgan fingerprint density at radius 3 is 2.58 bits per heavy atom. The molecule has 0 saturated carbocycles. The van der Waals surface area contributed by atoms with Crippen molar-refractivity contribution in [3.8, 4) is 0 Å². The highest BCUT2D eigenvalue weighted by Gasteiger charge is 2.28. The Morgan fingerprint density at radius 1 is 1.47 bits per heavy atom. The summed E-state index contributed by atoms with van der Waals surface area (Å²) in [6.07, 6.45) is -3.93. The third kappa shape index (κ3) is 5.56. The van der Waals surface area contributed by atoms with Gasteiger partial charge in [0.25, 0.3) is 0 Å². The minimum absolute atomic E-state index is 0.0688. The topological polar surface area (TPSA) is 59.4 Å². The minimum atomic E-state index is -4.40. The van der Waals surface area contributed by atoms with E-state index in [1.54, 1.807) is 0 Å². The van der Waals surface area contributed by atoms with Gasteiger partial charge in [0.1, 0.15) is 16.5 Å². The van der Waals surface area contributed by atoms with Crippen LogP contribution in [-0.2, 0) is 17.8 Å². The molecule has 0 aliphatic rings. The SMILES string of the molecule is CC(C)Cc1nc(COCC(F)(F)F)sc1C(=O)O. The summed E-state index contributed by atoms with van der Waals surface area (Å²) in [6.45, 7) is 2.12. The van der Waals surface area contributed by atoms with E-state index in [-0.39, 0.29) is 22.4 Å². The van der Waals surface area contributed by atoms with Crippen molar-refractivity contribution < 1.29 is 27.8 Å². The number of nitrogens with zero attached hydrogens (tertiary/aromatic N) is 1. The number of hydrogen-bond acceptors (Lipinski definition) is 4. The third-order valence-corrected chi connectivity index (χ3v) is 3.09. The monoisotopic (exact) mass is 297 g/mol. The van der Waals surface area contributed by atoms with Crippen molar-refractivity contribution in [3.05, 3.63) is 15.6 Å². The van der Waals surface area contributed by atoms with Crippen molar-refractivity contribution in [1.82, 2.24) is 4.98 Å². The fourth-order valence-electron chi connectivity index (χ4n) is 1.41. The van der Waals surface area contributed by atoms with E-state index in [0.717, 1.165) is 11.3 Å². The molecule has 0 radical (unpaired) electrons. The fourth-order valence-corrected chi connectivity index (χ4v) is 2.28. The molecule has 0 amide bonds. The maximum atomic E-state index is 11.9. The van der Waals surface area contributed by atoms with Gasteiger partial charge < -0.3 is 9.84 Å². The number of hydrogen-bond donors (Lipinski definition) is 1. The van der Waals surface area contributed by atoms with Gasteiger partial charge in [0.15, 0.2) is 0 Å². The first-order valence-corrected chi connectivity index (χ1v) is 6.37. The van der Waals surface area contributed by atoms with Crippen molar-refractivity contribution in [2.45, 2.75) is 33.1 Å². The molecule has 0 aliphatic carbocycles. The highest BCUT2D eigenvalue weighted by atomic mass is 32.1. The number of thiazole rings is 1. The van der Waals surface area contributed by atoms with Crippen molar-refractivity contribution in [2.24, 2.45) is 5.92 Å². The number of aromatic nitrogens is 1. The van der Waals surface area contributed by atoms with E-state index in [9.17, 15) is 18.0 Å². The average molecular weight is 297 g/mol. The van der Waals surface area contributed by atoms with Crippen LogP contribution in [0.25, 0.3) is 0 Å². The summed E-state index contributed by atoms with van der Waals surface area (Å²) in [5.74, 6) is -0.903. The molecule has 0 aliphatic heterocycles. The number of halogens is 3. The molecule has 0 atom stereocenters. The van der Waals surface area contributed by atoms with Crippen LogP contribution in [0.4, 0.5) is 13.2 Å². The lowest BCUT2D eigenvalue weighted by Crippen LogP contribution is -2.16. The van der Waals surface area contributed by atoms with Gasteiger partial charge in [0.2, 0.25) is 0 Å². The van der Waals surface area contributed by atoms with E-state index >= 15 is 0 Å². The highest BCUT2D eigenvalue weighted by molar-refractivity contribution is 7.13. The maximum Gasteiger partial charge on any atom is 0.411 e. The number of carboxylic acids is 1. The number of ether oxygens (including phenoxy) is 1. The largest absolute Gasteiger partial charge is 0.477 e. The van der Waals surface area contributed by atoms with Crippen LogP contribution in [-0.4, -0.2) is 28.8 Å². The smallest absolute Gasteiger partial charge is 0.411 e. The van der Waals surface area contributed by atoms with Crippen molar-refractivity contribution in [3.63, 3.8) is 0 Å². The third-order valence-electron chi connectivity index (χ3n) is 2.03. The zero-order valence-corrected chi connectivity index (χ0v) is 11.3. The van der Waals surface area contributed by atoms with Gasteiger partial charge in [-0.05, 0) is 12.3 Å². The molecule has 1 heterocycles. The molecule has 1 rings (SSSR count). The Kier molecular flexibility index (Phi) is 5.30. The van der Waals surface area contributed by atoms with E-state index in [4.69, 9.17) is 5.11 Å². The molecule has 0 unspecified atom stereocenters. The lowest BCUT2D eigenvalue weighted by atomic mass is 10.1. The second-order valence-corrected chi connectivity index (χ2v) is 5.48. The number of carboxylic acid groups (broad SMARTS) is 1. The van der Waals surface area contributed by atoms with Gasteiger partial charge >= 0.3 is 12.1 Å². The molecule has 4 nitrogen and oxygen atoms in total. The minimum Gasteiger partial charge on any atom is -0.477 e. The van der Waals surface area contributed by atoms with Crippen molar-refractivity contribution in [1.29, 1.82) is 0 Å². The van der Waals surface area contributed by atoms with Gasteiger partial charge in [-0.2, -0.15) is 13.2 Å². The maximum absolute atomic E-state index is 11.9. The zero-order valence-electron chi connectivity index (χ0n) is 10.5. The molecule has 1 aromatic heterocycles. The van der Waals surface area contributed by atoms with Crippen LogP contribution >= 0.6 is 11.3 Å². The Morgan fingerprint density at radius 2 is 2.11 bits per heavy atom. The predicted octanol–water partition coefficient (Wildman–Crippen LogP) is 3.12. The van der Waals surface area contributed by atoms with Crippen LogP contribution < -0.4 is 0 Å². The van der Waals surface area contributed by atoms with Gasteiger partial charge in [0.05, 0.1) is 12.3 Å². The number of alkyl halides is 3. The number of aromatic carboxylic acids is 1. The van der Waals surface area contributed by atoms with E-state index in [1.165, 1.54) is 0 Å². The number of carbonyl (C=O) groups is 1. The van der Waals surface area contributed by atoms with Gasteiger partial charge in [-0.25, -0.2) is 9.78 Å². The molecular formula is C11H14F3NO3S. The molecule has 0 aromatic carbocycles. The van der Waals surface area contributed by atoms with E-state index in [0.29, 0.717) is 12.1 Å². The van der Waals surface area contributed by atoms with Gasteiger partial charge in [-0.3, -0.25) is 0 Å². The van der Waals surface area contributed by atoms with Crippen LogP contribution in [0.15, 0.2) is 0 Å². The fraction of sp³-hybridized carbons (Fsp3) is 0.636. The molecule has 0 spiro atoms. The summed E-state index contributed by atoms with van der Waals surface area (Å²) in [4.78, 5) is 15.1. The van der Waals surface area contributed by atoms with E-state index in [1.807, 2.05) is 13.8 Å². The van der Waals surface area contributed by atoms with Crippen LogP contribution in [0.3, 0.4) is 0 Å². The molecule has 1 aromatic rings. The normalized spacial score (nSPS) is 12.1. The first-order chi connectivity index (χ1) is 8.69. The lowest BCUT2D eigenvalue weighted by Gasteiger charge is -2.05. The predicted molar refractivity (Wildman–Crippen MR) is 63.3 cm³/mol. The molecule has 0 saturated heterocycles. The molecule has 1 N–H and O–H groups in total. The van der Waals surface area contributed by atoms with Crippen molar-refractivity contribution in [2.75, 3.05) is 6.61 Å². The standard InChI is InChI=1S/C11H14F3NO3S/c1-6(2)3-7-9(10(16)17)19-8(15-7)4-18-5-11(12,13)14/h6H,3-5H2,1-2H3,(H,16,17). The highest BCUT2D eigenvalue weighted by Crippen LogP contribution is 2.23. The summed E-state index contributed by atoms with van der Waals surface area (Å²) >= 11 is 0.857. The first kappa shape index (κ1) is 15.9. The second kappa shape index (κ2) is 6.33. The Bertz CT molecular complexity index is 443. The Balaban J connectivity index is 2.72. The first-order valence-electron chi connectivity index (χ1n) is 5.55. The lowest BCUT2D eigenvalue weighted by molar-refractivity contribution is -0.176. The molecule has 108 valence electrons. The molecular weight excluding hydrogens is 283 g/mol. The second-order valence-electron chi connectivity index (χ2n) is 4.39. The number of rotatable bonds is 6. The summed E-state index contributed by atoms with van der Waals surface area (Å²) in [5.41, 5.74) is 0.401. The van der Waals surface area contributed by atoms with E-state index < -0.39 is 18.8 Å². The van der Waals surface area contributed by atoms with Crippen LogP contribution in [0.5, 0.6) is 0 Å². The molecule has 0 fully saturated rings. The zero-order chi connectivity index (χ0) is 14.6. The average Bonchev–Trinajstić information content (AvgIpc) is 2.58. The van der Waals surface area contributed by atoms with Gasteiger partial charge in [-0.1, -0.05) is 13.8 Å². The van der Waals surface area contributed by atoms with Gasteiger partial charge in [-0.15, -0.1) is 11.3 Å². The molecule has 8 heteroatoms. The summed E-state index contributed by atoms with van der Waals surface area (Å²) in [7, 11) is 0. The molecule has 0 bridgehead atoms. The van der Waals surface area contributed by atoms with Crippen LogP contribution in [0, 0.1) is 5.92 Å². The quantitative estimate of drug-likeness (QED) is 0.876. The van der Waals surface area contributed by atoms with E-state index in [2.05, 4.69) is 9.72 Å². The van der Waals surface area contributed by atoms with Crippen LogP contribution in [0.2, 0.25) is 0 Å². The summed E-state index contributed by atoms with van der Waals surface area (Å²) in [5, 5.41) is 9.24. The Hall–Kier alpha value is -1.15.